The van der Waals surface area contributed by atoms with Gasteiger partial charge >= 0.3 is 0 Å². The molecule has 0 spiro atoms. The number of anilines is 2. The van der Waals surface area contributed by atoms with Crippen LogP contribution in [0.15, 0.2) is 78.4 Å². The van der Waals surface area contributed by atoms with Crippen molar-refractivity contribution in [1.29, 1.82) is 5.26 Å². The standard InChI is InChI=1S/C25H21N3O3/c1-17-9-11-19(12-10-17)24(29)27-21-6-3-5-18(14-21)13-20(16-26)25(30)28-22-7-4-8-23(15-22)31-2/h3-15H,1-2H3,(H,27,29)(H,28,30)/b20-13+. The summed E-state index contributed by atoms with van der Waals surface area (Å²) in [4.78, 5) is 24.9. The quantitative estimate of drug-likeness (QED) is 0.450. The van der Waals surface area contributed by atoms with Crippen molar-refractivity contribution < 1.29 is 14.3 Å². The number of aryl methyl sites for hydroxylation is 1. The summed E-state index contributed by atoms with van der Waals surface area (Å²) in [7, 11) is 1.53. The van der Waals surface area contributed by atoms with E-state index in [-0.39, 0.29) is 11.5 Å². The Balaban J connectivity index is 1.75. The van der Waals surface area contributed by atoms with Crippen LogP contribution < -0.4 is 15.4 Å². The molecule has 0 unspecified atom stereocenters. The van der Waals surface area contributed by atoms with Crippen molar-refractivity contribution in [2.45, 2.75) is 6.92 Å². The van der Waals surface area contributed by atoms with Gasteiger partial charge in [0.05, 0.1) is 7.11 Å². The molecule has 0 radical (unpaired) electrons. The summed E-state index contributed by atoms with van der Waals surface area (Å²) in [6.45, 7) is 1.95. The average Bonchev–Trinajstić information content (AvgIpc) is 2.78. The van der Waals surface area contributed by atoms with E-state index in [0.29, 0.717) is 28.3 Å². The minimum absolute atomic E-state index is 0.0650. The van der Waals surface area contributed by atoms with Crippen LogP contribution in [0.1, 0.15) is 21.5 Å². The maximum absolute atomic E-state index is 12.5. The minimum atomic E-state index is -0.537. The van der Waals surface area contributed by atoms with Gasteiger partial charge in [0, 0.05) is 23.0 Å². The molecule has 0 aromatic heterocycles. The lowest BCUT2D eigenvalue weighted by molar-refractivity contribution is -0.112. The zero-order valence-electron chi connectivity index (χ0n) is 17.2. The van der Waals surface area contributed by atoms with Crippen LogP contribution in [0.5, 0.6) is 5.75 Å². The van der Waals surface area contributed by atoms with Gasteiger partial charge in [0.1, 0.15) is 17.4 Å². The number of nitrogens with one attached hydrogen (secondary N) is 2. The van der Waals surface area contributed by atoms with Crippen molar-refractivity contribution in [2.24, 2.45) is 0 Å². The van der Waals surface area contributed by atoms with E-state index in [1.807, 2.05) is 25.1 Å². The average molecular weight is 411 g/mol. The highest BCUT2D eigenvalue weighted by molar-refractivity contribution is 6.10. The highest BCUT2D eigenvalue weighted by atomic mass is 16.5. The van der Waals surface area contributed by atoms with Crippen LogP contribution in [0.25, 0.3) is 6.08 Å². The molecule has 0 heterocycles. The monoisotopic (exact) mass is 411 g/mol. The molecule has 6 heteroatoms. The molecule has 0 aliphatic rings. The van der Waals surface area contributed by atoms with Crippen molar-refractivity contribution in [1.82, 2.24) is 0 Å². The van der Waals surface area contributed by atoms with Crippen LogP contribution in [-0.4, -0.2) is 18.9 Å². The summed E-state index contributed by atoms with van der Waals surface area (Å²) in [5.74, 6) is -0.181. The van der Waals surface area contributed by atoms with E-state index in [1.54, 1.807) is 60.7 Å². The molecule has 3 aromatic rings. The minimum Gasteiger partial charge on any atom is -0.497 e. The molecule has 0 atom stereocenters. The van der Waals surface area contributed by atoms with Crippen molar-refractivity contribution >= 4 is 29.3 Å². The van der Waals surface area contributed by atoms with Crippen LogP contribution in [0, 0.1) is 18.3 Å². The van der Waals surface area contributed by atoms with Gasteiger partial charge in [-0.1, -0.05) is 35.9 Å². The first-order valence-corrected chi connectivity index (χ1v) is 9.54. The Hall–Kier alpha value is -4.37. The van der Waals surface area contributed by atoms with Gasteiger partial charge in [-0.2, -0.15) is 5.26 Å². The number of rotatable bonds is 6. The molecule has 0 aliphatic carbocycles. The number of amides is 2. The fourth-order valence-corrected chi connectivity index (χ4v) is 2.83. The zero-order chi connectivity index (χ0) is 22.2. The maximum atomic E-state index is 12.5. The first-order chi connectivity index (χ1) is 15.0. The molecule has 6 nitrogen and oxygen atoms in total. The predicted octanol–water partition coefficient (Wildman–Crippen LogP) is 4.80. The van der Waals surface area contributed by atoms with Gasteiger partial charge in [-0.25, -0.2) is 0 Å². The Bertz CT molecular complexity index is 1180. The summed E-state index contributed by atoms with van der Waals surface area (Å²) in [6, 6.07) is 23.0. The Labute approximate surface area is 180 Å². The molecule has 2 amide bonds. The van der Waals surface area contributed by atoms with E-state index in [2.05, 4.69) is 10.6 Å². The van der Waals surface area contributed by atoms with Gasteiger partial charge in [0.15, 0.2) is 0 Å². The van der Waals surface area contributed by atoms with E-state index < -0.39 is 5.91 Å². The third kappa shape index (κ3) is 5.81. The lowest BCUT2D eigenvalue weighted by atomic mass is 10.1. The van der Waals surface area contributed by atoms with Crippen LogP contribution in [-0.2, 0) is 4.79 Å². The smallest absolute Gasteiger partial charge is 0.266 e. The van der Waals surface area contributed by atoms with Crippen LogP contribution in [0.3, 0.4) is 0 Å². The van der Waals surface area contributed by atoms with Gasteiger partial charge in [0.25, 0.3) is 11.8 Å². The summed E-state index contributed by atoms with van der Waals surface area (Å²) in [5, 5.41) is 15.0. The molecule has 0 aliphatic heterocycles. The third-order valence-corrected chi connectivity index (χ3v) is 4.46. The fourth-order valence-electron chi connectivity index (χ4n) is 2.83. The van der Waals surface area contributed by atoms with Crippen LogP contribution in [0.4, 0.5) is 11.4 Å². The number of ether oxygens (including phenoxy) is 1. The Morgan fingerprint density at radius 1 is 0.935 bits per heavy atom. The van der Waals surface area contributed by atoms with E-state index in [1.165, 1.54) is 13.2 Å². The molecule has 0 saturated carbocycles. The number of hydrogen-bond acceptors (Lipinski definition) is 4. The molecular weight excluding hydrogens is 390 g/mol. The number of carbonyl (C=O) groups excluding carboxylic acids is 2. The first kappa shape index (κ1) is 21.3. The lowest BCUT2D eigenvalue weighted by Crippen LogP contribution is -2.13. The summed E-state index contributed by atoms with van der Waals surface area (Å²) in [5.41, 5.74) is 3.24. The predicted molar refractivity (Wildman–Crippen MR) is 121 cm³/mol. The molecular formula is C25H21N3O3. The molecule has 2 N–H and O–H groups in total. The second-order valence-electron chi connectivity index (χ2n) is 6.80. The van der Waals surface area contributed by atoms with Crippen molar-refractivity contribution in [3.63, 3.8) is 0 Å². The van der Waals surface area contributed by atoms with Gasteiger partial charge in [0.2, 0.25) is 0 Å². The van der Waals surface area contributed by atoms with E-state index in [9.17, 15) is 14.9 Å². The number of nitriles is 1. The second kappa shape index (κ2) is 9.90. The summed E-state index contributed by atoms with van der Waals surface area (Å²) in [6.07, 6.45) is 1.47. The first-order valence-electron chi connectivity index (χ1n) is 9.54. The number of benzene rings is 3. The van der Waals surface area contributed by atoms with Gasteiger partial charge < -0.3 is 15.4 Å². The Morgan fingerprint density at radius 3 is 2.29 bits per heavy atom. The highest BCUT2D eigenvalue weighted by Crippen LogP contribution is 2.19. The van der Waals surface area contributed by atoms with Crippen LogP contribution in [0.2, 0.25) is 0 Å². The molecule has 3 aromatic carbocycles. The zero-order valence-corrected chi connectivity index (χ0v) is 17.2. The van der Waals surface area contributed by atoms with E-state index >= 15 is 0 Å². The largest absolute Gasteiger partial charge is 0.497 e. The molecule has 31 heavy (non-hydrogen) atoms. The third-order valence-electron chi connectivity index (χ3n) is 4.46. The molecule has 3 rings (SSSR count). The van der Waals surface area contributed by atoms with Gasteiger partial charge in [-0.05, 0) is 55.0 Å². The van der Waals surface area contributed by atoms with Crippen molar-refractivity contribution in [2.75, 3.05) is 17.7 Å². The van der Waals surface area contributed by atoms with Crippen molar-refractivity contribution in [3.05, 3.63) is 95.1 Å². The lowest BCUT2D eigenvalue weighted by Gasteiger charge is -2.08. The van der Waals surface area contributed by atoms with E-state index in [4.69, 9.17) is 4.74 Å². The van der Waals surface area contributed by atoms with Gasteiger partial charge in [-0.3, -0.25) is 9.59 Å². The van der Waals surface area contributed by atoms with Gasteiger partial charge in [-0.15, -0.1) is 0 Å². The summed E-state index contributed by atoms with van der Waals surface area (Å²) < 4.78 is 5.14. The molecule has 0 saturated heterocycles. The van der Waals surface area contributed by atoms with Crippen molar-refractivity contribution in [3.8, 4) is 11.8 Å². The molecule has 154 valence electrons. The van der Waals surface area contributed by atoms with E-state index in [0.717, 1.165) is 5.56 Å². The second-order valence-corrected chi connectivity index (χ2v) is 6.80. The van der Waals surface area contributed by atoms with Crippen LogP contribution >= 0.6 is 0 Å². The number of hydrogen-bond donors (Lipinski definition) is 2. The molecule has 0 bridgehead atoms. The SMILES string of the molecule is COc1cccc(NC(=O)/C(C#N)=C/c2cccc(NC(=O)c3ccc(C)cc3)c2)c1. The fraction of sp³-hybridized carbons (Fsp3) is 0.0800. The maximum Gasteiger partial charge on any atom is 0.266 e. The number of methoxy groups -OCH3 is 1. The topological polar surface area (TPSA) is 91.2 Å². The molecule has 0 fully saturated rings. The Kier molecular flexibility index (Phi) is 6.82. The normalized spacial score (nSPS) is 10.7. The Morgan fingerprint density at radius 2 is 1.61 bits per heavy atom. The number of nitrogens with zero attached hydrogens (tertiary/aromatic N) is 1. The summed E-state index contributed by atoms with van der Waals surface area (Å²) >= 11 is 0. The number of carbonyl (C=O) groups is 2. The highest BCUT2D eigenvalue weighted by Gasteiger charge is 2.11.